The van der Waals surface area contributed by atoms with Crippen LogP contribution in [0.5, 0.6) is 0 Å². The Morgan fingerprint density at radius 2 is 1.33 bits per heavy atom. The molecule has 1 unspecified atom stereocenters. The second kappa shape index (κ2) is 32.3. The van der Waals surface area contributed by atoms with Crippen LogP contribution in [0.3, 0.4) is 0 Å². The van der Waals surface area contributed by atoms with Crippen LogP contribution in [0.25, 0.3) is 0 Å². The van der Waals surface area contributed by atoms with Crippen LogP contribution in [-0.2, 0) is 14.3 Å². The van der Waals surface area contributed by atoms with Gasteiger partial charge >= 0.3 is 5.97 Å². The second-order valence-electron chi connectivity index (χ2n) is 12.0. The van der Waals surface area contributed by atoms with Crippen molar-refractivity contribution in [1.82, 2.24) is 9.80 Å². The lowest BCUT2D eigenvalue weighted by Crippen LogP contribution is -2.32. The summed E-state index contributed by atoms with van der Waals surface area (Å²) in [6, 6.07) is 0. The summed E-state index contributed by atoms with van der Waals surface area (Å²) in [7, 11) is 3.99. The lowest BCUT2D eigenvalue weighted by Gasteiger charge is -2.24. The van der Waals surface area contributed by atoms with Crippen molar-refractivity contribution in [3.8, 4) is 0 Å². The van der Waals surface area contributed by atoms with E-state index in [2.05, 4.69) is 56.1 Å². The van der Waals surface area contributed by atoms with Gasteiger partial charge in [-0.1, -0.05) is 101 Å². The average Bonchev–Trinajstić information content (AvgIpc) is 3.00. The molecule has 0 saturated carbocycles. The van der Waals surface area contributed by atoms with Crippen molar-refractivity contribution in [1.29, 1.82) is 0 Å². The van der Waals surface area contributed by atoms with E-state index in [9.17, 15) is 14.7 Å². The Balaban J connectivity index is 4.78. The van der Waals surface area contributed by atoms with E-state index in [4.69, 9.17) is 9.47 Å². The van der Waals surface area contributed by atoms with Gasteiger partial charge in [0.1, 0.15) is 6.61 Å². The van der Waals surface area contributed by atoms with Crippen LogP contribution in [0.15, 0.2) is 36.5 Å². The summed E-state index contributed by atoms with van der Waals surface area (Å²) in [5.74, 6) is 0.476. The Morgan fingerprint density at radius 1 is 0.711 bits per heavy atom. The number of nitrogens with zero attached hydrogens (tertiary/aromatic N) is 2. The number of esters is 1. The summed E-state index contributed by atoms with van der Waals surface area (Å²) in [4.78, 5) is 29.1. The normalized spacial score (nSPS) is 12.8. The van der Waals surface area contributed by atoms with Gasteiger partial charge in [-0.15, -0.1) is 0 Å². The number of carbonyl (C=O) groups is 2. The zero-order chi connectivity index (χ0) is 33.4. The first-order valence-corrected chi connectivity index (χ1v) is 18.8. The molecule has 0 aliphatic rings. The molecule has 262 valence electrons. The molecular formula is C37H68N2O5S. The molecule has 0 aromatic carbocycles. The van der Waals surface area contributed by atoms with Gasteiger partial charge in [-0.2, -0.15) is 0 Å². The lowest BCUT2D eigenvalue weighted by atomic mass is 10.1. The molecule has 1 amide bonds. The molecule has 0 aliphatic carbocycles. The number of hydrogen-bond acceptors (Lipinski definition) is 7. The standard InChI is InChI=1S/C37H68N2O5S/c1-6-9-12-15-16-19-22-32-43-35(40)27-23-29-39(37(42)45-33-31-38(4)5)30-24-28-36(41)44-34(25-20-17-13-10-7-2)26-21-18-14-11-8-3/h13-14,17-19,22,34,36,41H,6-12,15-16,20-21,23-33H2,1-5H3/b17-13+,18-14+,22-19-. The van der Waals surface area contributed by atoms with Gasteiger partial charge in [0, 0.05) is 31.8 Å². The third-order valence-corrected chi connectivity index (χ3v) is 8.24. The highest BCUT2D eigenvalue weighted by atomic mass is 32.2. The second-order valence-corrected chi connectivity index (χ2v) is 13.1. The molecule has 8 heteroatoms. The van der Waals surface area contributed by atoms with E-state index in [0.717, 1.165) is 64.3 Å². The van der Waals surface area contributed by atoms with Crippen molar-refractivity contribution in [3.63, 3.8) is 0 Å². The molecule has 0 bridgehead atoms. The Hall–Kier alpha value is -1.61. The van der Waals surface area contributed by atoms with Crippen LogP contribution in [0.4, 0.5) is 4.79 Å². The summed E-state index contributed by atoms with van der Waals surface area (Å²) in [6.45, 7) is 8.69. The van der Waals surface area contributed by atoms with Gasteiger partial charge in [-0.25, -0.2) is 0 Å². The van der Waals surface area contributed by atoms with E-state index in [1.807, 2.05) is 25.1 Å². The van der Waals surface area contributed by atoms with Crippen LogP contribution >= 0.6 is 11.8 Å². The minimum Gasteiger partial charge on any atom is -0.461 e. The fourth-order valence-electron chi connectivity index (χ4n) is 4.60. The quantitative estimate of drug-likeness (QED) is 0.0359. The van der Waals surface area contributed by atoms with Crippen LogP contribution in [-0.4, -0.2) is 84.6 Å². The highest BCUT2D eigenvalue weighted by Gasteiger charge is 2.18. The zero-order valence-corrected chi connectivity index (χ0v) is 30.4. The van der Waals surface area contributed by atoms with Gasteiger partial charge in [0.2, 0.25) is 0 Å². The Morgan fingerprint density at radius 3 is 1.96 bits per heavy atom. The number of amides is 1. The number of ether oxygens (including phenoxy) is 2. The Kier molecular flexibility index (Phi) is 31.2. The SMILES string of the molecule is CCC/C=C/CCC(CC/C=C/CCC)OC(O)CCCN(CCCC(=O)OC/C=C\CCCCCC)C(=O)SCCN(C)C. The fraction of sp³-hybridized carbons (Fsp3) is 0.784. The molecular weight excluding hydrogens is 584 g/mol. The van der Waals surface area contributed by atoms with Gasteiger partial charge in [-0.05, 0) is 84.7 Å². The maximum Gasteiger partial charge on any atom is 0.306 e. The highest BCUT2D eigenvalue weighted by molar-refractivity contribution is 8.13. The molecule has 1 atom stereocenters. The van der Waals surface area contributed by atoms with E-state index in [1.54, 1.807) is 0 Å². The number of unbranched alkanes of at least 4 members (excludes halogenated alkanes) is 6. The summed E-state index contributed by atoms with van der Waals surface area (Å²) >= 11 is 1.31. The van der Waals surface area contributed by atoms with Gasteiger partial charge in [0.25, 0.3) is 5.24 Å². The van der Waals surface area contributed by atoms with E-state index in [-0.39, 0.29) is 23.7 Å². The number of rotatable bonds is 30. The molecule has 0 aromatic heterocycles. The predicted octanol–water partition coefficient (Wildman–Crippen LogP) is 9.31. The average molecular weight is 653 g/mol. The van der Waals surface area contributed by atoms with Crippen molar-refractivity contribution in [3.05, 3.63) is 36.5 Å². The summed E-state index contributed by atoms with van der Waals surface area (Å²) in [6.07, 6.45) is 28.0. The highest BCUT2D eigenvalue weighted by Crippen LogP contribution is 2.17. The number of allylic oxidation sites excluding steroid dienone is 5. The molecule has 0 saturated heterocycles. The van der Waals surface area contributed by atoms with Crippen molar-refractivity contribution in [2.45, 2.75) is 142 Å². The maximum absolute atomic E-state index is 13.0. The van der Waals surface area contributed by atoms with Crippen molar-refractivity contribution in [2.24, 2.45) is 0 Å². The Labute approximate surface area is 281 Å². The van der Waals surface area contributed by atoms with Crippen LogP contribution in [0.1, 0.15) is 130 Å². The number of thioether (sulfide) groups is 1. The molecule has 7 nitrogen and oxygen atoms in total. The molecule has 0 rings (SSSR count). The molecule has 0 fully saturated rings. The van der Waals surface area contributed by atoms with Crippen molar-refractivity contribution in [2.75, 3.05) is 46.1 Å². The van der Waals surface area contributed by atoms with E-state index in [0.29, 0.717) is 44.7 Å². The number of aliphatic hydroxyl groups excluding tert-OH is 1. The first-order valence-electron chi connectivity index (χ1n) is 17.8. The molecule has 45 heavy (non-hydrogen) atoms. The van der Waals surface area contributed by atoms with Crippen LogP contribution in [0.2, 0.25) is 0 Å². The van der Waals surface area contributed by atoms with Crippen molar-refractivity contribution < 1.29 is 24.2 Å². The monoisotopic (exact) mass is 652 g/mol. The first kappa shape index (κ1) is 43.4. The largest absolute Gasteiger partial charge is 0.461 e. The predicted molar refractivity (Wildman–Crippen MR) is 193 cm³/mol. The van der Waals surface area contributed by atoms with Gasteiger partial charge in [-0.3, -0.25) is 9.59 Å². The van der Waals surface area contributed by atoms with Gasteiger partial charge in [0.15, 0.2) is 6.29 Å². The maximum atomic E-state index is 13.0. The van der Waals surface area contributed by atoms with Gasteiger partial charge in [0.05, 0.1) is 6.10 Å². The molecule has 1 N–H and O–H groups in total. The Bertz CT molecular complexity index is 767. The molecule has 0 spiro atoms. The summed E-state index contributed by atoms with van der Waals surface area (Å²) in [5.41, 5.74) is 0. The zero-order valence-electron chi connectivity index (χ0n) is 29.6. The summed E-state index contributed by atoms with van der Waals surface area (Å²) in [5, 5.41) is 10.8. The van der Waals surface area contributed by atoms with E-state index in [1.165, 1.54) is 37.4 Å². The summed E-state index contributed by atoms with van der Waals surface area (Å²) < 4.78 is 11.4. The smallest absolute Gasteiger partial charge is 0.306 e. The number of aliphatic hydroxyl groups is 1. The third kappa shape index (κ3) is 29.5. The number of hydrogen-bond donors (Lipinski definition) is 1. The van der Waals surface area contributed by atoms with E-state index >= 15 is 0 Å². The molecule has 0 aromatic rings. The molecule has 0 aliphatic heterocycles. The fourth-order valence-corrected chi connectivity index (χ4v) is 5.60. The molecule has 0 radical (unpaired) electrons. The minimum atomic E-state index is -0.859. The van der Waals surface area contributed by atoms with Gasteiger partial charge < -0.3 is 24.4 Å². The van der Waals surface area contributed by atoms with Crippen LogP contribution < -0.4 is 0 Å². The van der Waals surface area contributed by atoms with Crippen molar-refractivity contribution >= 4 is 23.0 Å². The minimum absolute atomic E-state index is 0.00112. The van der Waals surface area contributed by atoms with Crippen LogP contribution in [0, 0.1) is 0 Å². The van der Waals surface area contributed by atoms with E-state index < -0.39 is 6.29 Å². The first-order chi connectivity index (χ1) is 21.8. The topological polar surface area (TPSA) is 79.3 Å². The third-order valence-electron chi connectivity index (χ3n) is 7.35. The lowest BCUT2D eigenvalue weighted by molar-refractivity contribution is -0.143. The number of carbonyl (C=O) groups excluding carboxylic acids is 2. The molecule has 0 heterocycles.